The molecular weight excluding hydrogens is 414 g/mol. The molecule has 0 saturated carbocycles. The maximum absolute atomic E-state index is 12.3. The van der Waals surface area contributed by atoms with Crippen LogP contribution in [0.5, 0.6) is 0 Å². The van der Waals surface area contributed by atoms with Crippen molar-refractivity contribution in [3.63, 3.8) is 0 Å². The van der Waals surface area contributed by atoms with Crippen LogP contribution >= 0.6 is 15.9 Å². The smallest absolute Gasteiger partial charge is 0.337 e. The number of hydrogen-bond donors (Lipinski definition) is 0. The molecule has 0 amide bonds. The highest BCUT2D eigenvalue weighted by Gasteiger charge is 2.16. The second-order valence-electron chi connectivity index (χ2n) is 4.56. The number of halogens is 2. The van der Waals surface area contributed by atoms with Gasteiger partial charge in [-0.1, -0.05) is 12.1 Å². The molecule has 0 spiro atoms. The van der Waals surface area contributed by atoms with Crippen LogP contribution < -0.4 is 21.5 Å². The van der Waals surface area contributed by atoms with Gasteiger partial charge in [-0.2, -0.15) is 4.57 Å². The van der Waals surface area contributed by atoms with Crippen LogP contribution in [0.15, 0.2) is 47.1 Å². The lowest BCUT2D eigenvalue weighted by Crippen LogP contribution is -3.00. The predicted octanol–water partition coefficient (Wildman–Crippen LogP) is -0.281. The Labute approximate surface area is 148 Å². The Morgan fingerprint density at radius 2 is 1.73 bits per heavy atom. The summed E-state index contributed by atoms with van der Waals surface area (Å²) in [5.41, 5.74) is 1.98. The first kappa shape index (κ1) is 18.5. The summed E-state index contributed by atoms with van der Waals surface area (Å²) in [5.74, 6) is -0.427. The van der Waals surface area contributed by atoms with Gasteiger partial charge in [0.15, 0.2) is 11.9 Å². The molecule has 1 aromatic carbocycles. The summed E-state index contributed by atoms with van der Waals surface area (Å²) in [5, 5.41) is 0. The molecule has 0 radical (unpaired) electrons. The molecular formula is C16H15Br2NO3. The molecule has 0 aliphatic rings. The van der Waals surface area contributed by atoms with Crippen molar-refractivity contribution in [1.82, 2.24) is 0 Å². The van der Waals surface area contributed by atoms with E-state index in [9.17, 15) is 9.59 Å². The number of carbonyl (C=O) groups is 2. The zero-order valence-corrected chi connectivity index (χ0v) is 15.3. The molecule has 22 heavy (non-hydrogen) atoms. The lowest BCUT2D eigenvalue weighted by molar-refractivity contribution is -0.689. The van der Waals surface area contributed by atoms with Crippen molar-refractivity contribution < 1.29 is 35.9 Å². The molecule has 0 atom stereocenters. The highest BCUT2D eigenvalue weighted by atomic mass is 79.9. The lowest BCUT2D eigenvalue weighted by Gasteiger charge is -2.03. The third kappa shape index (κ3) is 4.24. The van der Waals surface area contributed by atoms with E-state index in [4.69, 9.17) is 0 Å². The number of Topliss-reactive ketones (excluding diaryl/α,β-unsaturated/α-hetero) is 1. The van der Waals surface area contributed by atoms with Gasteiger partial charge in [-0.05, 0) is 34.1 Å². The number of esters is 1. The molecule has 0 N–H and O–H groups in total. The maximum atomic E-state index is 12.3. The zero-order valence-electron chi connectivity index (χ0n) is 12.2. The third-order valence-corrected chi connectivity index (χ3v) is 4.07. The van der Waals surface area contributed by atoms with Crippen LogP contribution in [0, 0.1) is 6.92 Å². The minimum Gasteiger partial charge on any atom is -1.00 e. The Balaban J connectivity index is 0.00000242. The first-order chi connectivity index (χ1) is 10.0. The molecule has 1 aromatic heterocycles. The number of rotatable bonds is 4. The van der Waals surface area contributed by atoms with E-state index in [0.717, 1.165) is 10.2 Å². The molecule has 0 saturated heterocycles. The summed E-state index contributed by atoms with van der Waals surface area (Å²) in [6, 6.07) is 10.3. The van der Waals surface area contributed by atoms with Crippen LogP contribution in [-0.2, 0) is 11.3 Å². The summed E-state index contributed by atoms with van der Waals surface area (Å²) in [6.45, 7) is 2.20. The SMILES string of the molecule is COC(=O)c1ccc(C(=O)C[n+]2cccc(Br)c2C)cc1.[Br-]. The number of benzene rings is 1. The molecule has 0 fully saturated rings. The molecule has 116 valence electrons. The van der Waals surface area contributed by atoms with Crippen LogP contribution in [0.25, 0.3) is 0 Å². The van der Waals surface area contributed by atoms with Crippen LogP contribution in [0.4, 0.5) is 0 Å². The van der Waals surface area contributed by atoms with Gasteiger partial charge < -0.3 is 21.7 Å². The van der Waals surface area contributed by atoms with Crippen LogP contribution in [0.3, 0.4) is 0 Å². The molecule has 0 unspecified atom stereocenters. The minimum absolute atomic E-state index is 0. The quantitative estimate of drug-likeness (QED) is 0.382. The van der Waals surface area contributed by atoms with Gasteiger partial charge in [0.2, 0.25) is 12.3 Å². The number of pyridine rings is 1. The number of ketones is 1. The van der Waals surface area contributed by atoms with E-state index in [1.807, 2.05) is 29.8 Å². The normalized spacial score (nSPS) is 9.77. The van der Waals surface area contributed by atoms with E-state index in [2.05, 4.69) is 20.7 Å². The maximum Gasteiger partial charge on any atom is 0.337 e. The van der Waals surface area contributed by atoms with Crippen LogP contribution in [0.1, 0.15) is 26.4 Å². The Bertz CT molecular complexity index is 684. The van der Waals surface area contributed by atoms with Crippen molar-refractivity contribution >= 4 is 27.7 Å². The standard InChI is InChI=1S/C16H15BrNO3.BrH/c1-11-14(17)4-3-9-18(11)10-15(19)12-5-7-13(8-6-12)16(20)21-2;/h3-9H,10H2,1-2H3;1H/q+1;/p-1. The number of methoxy groups -OCH3 is 1. The van der Waals surface area contributed by atoms with Crippen LogP contribution in [-0.4, -0.2) is 18.9 Å². The zero-order chi connectivity index (χ0) is 15.4. The second kappa shape index (κ2) is 8.19. The summed E-state index contributed by atoms with van der Waals surface area (Å²) in [4.78, 5) is 23.6. The van der Waals surface area contributed by atoms with Crippen molar-refractivity contribution in [2.75, 3.05) is 7.11 Å². The van der Waals surface area contributed by atoms with E-state index in [-0.39, 0.29) is 29.3 Å². The highest BCUT2D eigenvalue weighted by Crippen LogP contribution is 2.11. The van der Waals surface area contributed by atoms with E-state index in [0.29, 0.717) is 11.1 Å². The number of nitrogens with zero attached hydrogens (tertiary/aromatic N) is 1. The molecule has 0 bridgehead atoms. The fraction of sp³-hybridized carbons (Fsp3) is 0.188. The van der Waals surface area contributed by atoms with Gasteiger partial charge in [0.25, 0.3) is 0 Å². The predicted molar refractivity (Wildman–Crippen MR) is 81.2 cm³/mol. The topological polar surface area (TPSA) is 47.3 Å². The summed E-state index contributed by atoms with van der Waals surface area (Å²) < 4.78 is 7.46. The first-order valence-corrected chi connectivity index (χ1v) is 7.18. The summed E-state index contributed by atoms with van der Waals surface area (Å²) in [6.07, 6.45) is 1.86. The Morgan fingerprint density at radius 1 is 1.14 bits per heavy atom. The van der Waals surface area contributed by atoms with E-state index in [1.54, 1.807) is 24.3 Å². The fourth-order valence-electron chi connectivity index (χ4n) is 1.93. The van der Waals surface area contributed by atoms with Crippen molar-refractivity contribution in [3.05, 3.63) is 63.9 Å². The molecule has 6 heteroatoms. The Hall–Kier alpha value is -1.53. The fourth-order valence-corrected chi connectivity index (χ4v) is 2.31. The third-order valence-electron chi connectivity index (χ3n) is 3.23. The number of hydrogen-bond acceptors (Lipinski definition) is 3. The average molecular weight is 429 g/mol. The van der Waals surface area contributed by atoms with E-state index < -0.39 is 5.97 Å². The van der Waals surface area contributed by atoms with Gasteiger partial charge in [-0.3, -0.25) is 4.79 Å². The van der Waals surface area contributed by atoms with Crippen molar-refractivity contribution in [2.45, 2.75) is 13.5 Å². The number of aromatic nitrogens is 1. The monoisotopic (exact) mass is 427 g/mol. The second-order valence-corrected chi connectivity index (χ2v) is 5.42. The van der Waals surface area contributed by atoms with Gasteiger partial charge >= 0.3 is 5.97 Å². The van der Waals surface area contributed by atoms with Crippen LogP contribution in [0.2, 0.25) is 0 Å². The van der Waals surface area contributed by atoms with Crippen molar-refractivity contribution in [1.29, 1.82) is 0 Å². The Morgan fingerprint density at radius 3 is 2.32 bits per heavy atom. The molecule has 2 aromatic rings. The van der Waals surface area contributed by atoms with E-state index in [1.165, 1.54) is 7.11 Å². The summed E-state index contributed by atoms with van der Waals surface area (Å²) >= 11 is 3.44. The first-order valence-electron chi connectivity index (χ1n) is 6.39. The molecule has 2 rings (SSSR count). The molecule has 4 nitrogen and oxygen atoms in total. The molecule has 1 heterocycles. The largest absolute Gasteiger partial charge is 1.00 e. The molecule has 0 aliphatic carbocycles. The number of carbonyl (C=O) groups excluding carboxylic acids is 2. The van der Waals surface area contributed by atoms with Gasteiger partial charge in [0.1, 0.15) is 0 Å². The molecule has 0 aliphatic heterocycles. The summed E-state index contributed by atoms with van der Waals surface area (Å²) in [7, 11) is 1.33. The Kier molecular flexibility index (Phi) is 6.90. The van der Waals surface area contributed by atoms with Crippen molar-refractivity contribution in [2.24, 2.45) is 0 Å². The lowest BCUT2D eigenvalue weighted by atomic mass is 10.1. The number of ether oxygens (including phenoxy) is 1. The van der Waals surface area contributed by atoms with Gasteiger partial charge in [-0.25, -0.2) is 4.79 Å². The van der Waals surface area contributed by atoms with E-state index >= 15 is 0 Å². The van der Waals surface area contributed by atoms with Gasteiger partial charge in [0, 0.05) is 18.6 Å². The van der Waals surface area contributed by atoms with Gasteiger partial charge in [0.05, 0.1) is 17.1 Å². The van der Waals surface area contributed by atoms with Gasteiger partial charge in [-0.15, -0.1) is 0 Å². The van der Waals surface area contributed by atoms with Crippen molar-refractivity contribution in [3.8, 4) is 0 Å². The average Bonchev–Trinajstić information content (AvgIpc) is 2.51. The minimum atomic E-state index is -0.411. The highest BCUT2D eigenvalue weighted by molar-refractivity contribution is 9.10.